The smallest absolute Gasteiger partial charge is 0.0576 e. The Bertz CT molecular complexity index is 268. The maximum atomic E-state index is 5.82. The van der Waals surface area contributed by atoms with Crippen molar-refractivity contribution in [2.45, 2.75) is 19.4 Å². The lowest BCUT2D eigenvalue weighted by Crippen LogP contribution is -2.10. The molecule has 0 bridgehead atoms. The van der Waals surface area contributed by atoms with Crippen molar-refractivity contribution in [3.63, 3.8) is 0 Å². The number of pyridine rings is 1. The zero-order chi connectivity index (χ0) is 8.97. The van der Waals surface area contributed by atoms with Crippen LogP contribution in [0.2, 0.25) is 0 Å². The minimum absolute atomic E-state index is 0.0462. The predicted octanol–water partition coefficient (Wildman–Crippen LogP) is 2.13. The molecule has 0 aliphatic rings. The molecule has 12 heavy (non-hydrogen) atoms. The molecule has 1 atom stereocenters. The third kappa shape index (κ3) is 1.92. The van der Waals surface area contributed by atoms with Gasteiger partial charge in [-0.2, -0.15) is 0 Å². The normalized spacial score (nSPS) is 12.5. The second-order valence-electron chi connectivity index (χ2n) is 2.73. The Labute approximate surface area is 73.1 Å². The van der Waals surface area contributed by atoms with Gasteiger partial charge in [0.15, 0.2) is 0 Å². The van der Waals surface area contributed by atoms with Crippen molar-refractivity contribution < 1.29 is 0 Å². The van der Waals surface area contributed by atoms with E-state index in [2.05, 4.69) is 11.6 Å². The zero-order valence-electron chi connectivity index (χ0n) is 7.33. The van der Waals surface area contributed by atoms with Gasteiger partial charge in [0.25, 0.3) is 0 Å². The highest BCUT2D eigenvalue weighted by molar-refractivity contribution is 5.46. The summed E-state index contributed by atoms with van der Waals surface area (Å²) in [6.07, 6.45) is 4.48. The van der Waals surface area contributed by atoms with Crippen molar-refractivity contribution in [3.8, 4) is 0 Å². The summed E-state index contributed by atoms with van der Waals surface area (Å²) >= 11 is 0. The Morgan fingerprint density at radius 3 is 3.08 bits per heavy atom. The first kappa shape index (κ1) is 8.94. The number of nitrogens with two attached hydrogens (primary N) is 1. The van der Waals surface area contributed by atoms with E-state index in [1.54, 1.807) is 12.3 Å². The van der Waals surface area contributed by atoms with E-state index in [9.17, 15) is 0 Å². The summed E-state index contributed by atoms with van der Waals surface area (Å²) in [6, 6.07) is 3.94. The fourth-order valence-electron chi connectivity index (χ4n) is 1.00. The Kier molecular flexibility index (Phi) is 3.00. The summed E-state index contributed by atoms with van der Waals surface area (Å²) in [4.78, 5) is 4.19. The molecule has 2 N–H and O–H groups in total. The summed E-state index contributed by atoms with van der Waals surface area (Å²) in [5.41, 5.74) is 7.83. The summed E-state index contributed by atoms with van der Waals surface area (Å²) in [7, 11) is 0. The predicted molar refractivity (Wildman–Crippen MR) is 51.5 cm³/mol. The van der Waals surface area contributed by atoms with E-state index in [0.29, 0.717) is 0 Å². The van der Waals surface area contributed by atoms with E-state index in [1.807, 2.05) is 19.1 Å². The molecule has 1 aromatic heterocycles. The molecule has 0 saturated carbocycles. The zero-order valence-corrected chi connectivity index (χ0v) is 7.33. The number of hydrogen-bond donors (Lipinski definition) is 1. The van der Waals surface area contributed by atoms with Crippen molar-refractivity contribution in [1.29, 1.82) is 0 Å². The molecule has 0 unspecified atom stereocenters. The molecule has 0 spiro atoms. The highest BCUT2D eigenvalue weighted by Crippen LogP contribution is 2.12. The first-order chi connectivity index (χ1) is 5.77. The van der Waals surface area contributed by atoms with Crippen LogP contribution in [0.3, 0.4) is 0 Å². The second-order valence-corrected chi connectivity index (χ2v) is 2.73. The van der Waals surface area contributed by atoms with Crippen LogP contribution in [0.4, 0.5) is 0 Å². The van der Waals surface area contributed by atoms with E-state index in [1.165, 1.54) is 0 Å². The van der Waals surface area contributed by atoms with Crippen LogP contribution in [-0.2, 0) is 0 Å². The quantitative estimate of drug-likeness (QED) is 0.739. The lowest BCUT2D eigenvalue weighted by atomic mass is 10.1. The lowest BCUT2D eigenvalue weighted by molar-refractivity contribution is 0.675. The molecule has 2 heteroatoms. The molecule has 1 aromatic rings. The molecule has 0 fully saturated rings. The third-order valence-electron chi connectivity index (χ3n) is 1.86. The molecule has 0 aliphatic heterocycles. The summed E-state index contributed by atoms with van der Waals surface area (Å²) < 4.78 is 0. The topological polar surface area (TPSA) is 38.9 Å². The highest BCUT2D eigenvalue weighted by Gasteiger charge is 2.03. The lowest BCUT2D eigenvalue weighted by Gasteiger charge is -2.07. The van der Waals surface area contributed by atoms with Crippen LogP contribution in [0.15, 0.2) is 24.9 Å². The van der Waals surface area contributed by atoms with E-state index < -0.39 is 0 Å². The van der Waals surface area contributed by atoms with Crippen LogP contribution < -0.4 is 5.73 Å². The van der Waals surface area contributed by atoms with Gasteiger partial charge in [-0.25, -0.2) is 0 Å². The van der Waals surface area contributed by atoms with Crippen LogP contribution in [0.25, 0.3) is 6.08 Å². The van der Waals surface area contributed by atoms with Crippen molar-refractivity contribution >= 4 is 6.08 Å². The van der Waals surface area contributed by atoms with Crippen molar-refractivity contribution in [1.82, 2.24) is 4.98 Å². The van der Waals surface area contributed by atoms with E-state index >= 15 is 0 Å². The summed E-state index contributed by atoms with van der Waals surface area (Å²) in [6.45, 7) is 5.74. The fraction of sp³-hybridized carbons (Fsp3) is 0.300. The Hall–Kier alpha value is -1.15. The van der Waals surface area contributed by atoms with Gasteiger partial charge in [0.2, 0.25) is 0 Å². The summed E-state index contributed by atoms with van der Waals surface area (Å²) in [5, 5.41) is 0. The van der Waals surface area contributed by atoms with Gasteiger partial charge in [-0.15, -0.1) is 0 Å². The average Bonchev–Trinajstić information content (AvgIpc) is 2.17. The number of hydrogen-bond acceptors (Lipinski definition) is 2. The van der Waals surface area contributed by atoms with Gasteiger partial charge in [0.1, 0.15) is 0 Å². The van der Waals surface area contributed by atoms with Crippen molar-refractivity contribution in [2.24, 2.45) is 5.73 Å². The molecule has 0 aliphatic carbocycles. The first-order valence-electron chi connectivity index (χ1n) is 4.12. The molecule has 64 valence electrons. The van der Waals surface area contributed by atoms with E-state index in [0.717, 1.165) is 17.7 Å². The van der Waals surface area contributed by atoms with Crippen molar-refractivity contribution in [3.05, 3.63) is 36.2 Å². The van der Waals surface area contributed by atoms with Crippen LogP contribution in [0.5, 0.6) is 0 Å². The number of nitrogens with zero attached hydrogens (tertiary/aromatic N) is 1. The molecule has 1 heterocycles. The highest BCUT2D eigenvalue weighted by atomic mass is 14.8. The monoisotopic (exact) mass is 162 g/mol. The van der Waals surface area contributed by atoms with Gasteiger partial charge in [0.05, 0.1) is 5.69 Å². The number of aromatic nitrogens is 1. The molecule has 0 amide bonds. The van der Waals surface area contributed by atoms with Gasteiger partial charge in [-0.3, -0.25) is 4.98 Å². The first-order valence-corrected chi connectivity index (χ1v) is 4.12. The Morgan fingerprint density at radius 1 is 1.75 bits per heavy atom. The van der Waals surface area contributed by atoms with Crippen LogP contribution >= 0.6 is 0 Å². The maximum absolute atomic E-state index is 5.82. The minimum atomic E-state index is 0.0462. The Balaban J connectivity index is 2.93. The van der Waals surface area contributed by atoms with E-state index in [4.69, 9.17) is 5.73 Å². The SMILES string of the molecule is C=Cc1ccnc([C@H](N)CC)c1. The molecular formula is C10H14N2. The van der Waals surface area contributed by atoms with Gasteiger partial charge in [-0.1, -0.05) is 19.6 Å². The van der Waals surface area contributed by atoms with E-state index in [-0.39, 0.29) is 6.04 Å². The van der Waals surface area contributed by atoms with Gasteiger partial charge in [0, 0.05) is 12.2 Å². The fourth-order valence-corrected chi connectivity index (χ4v) is 1.00. The minimum Gasteiger partial charge on any atom is -0.323 e. The van der Waals surface area contributed by atoms with Crippen LogP contribution in [-0.4, -0.2) is 4.98 Å². The Morgan fingerprint density at radius 2 is 2.50 bits per heavy atom. The molecular weight excluding hydrogens is 148 g/mol. The van der Waals surface area contributed by atoms with Crippen LogP contribution in [0, 0.1) is 0 Å². The third-order valence-corrected chi connectivity index (χ3v) is 1.86. The standard InChI is InChI=1S/C10H14N2/c1-3-8-5-6-12-10(7-8)9(11)4-2/h3,5-7,9H,1,4,11H2,2H3/t9-/m1/s1. The average molecular weight is 162 g/mol. The van der Waals surface area contributed by atoms with Crippen LogP contribution in [0.1, 0.15) is 30.6 Å². The van der Waals surface area contributed by atoms with Crippen molar-refractivity contribution in [2.75, 3.05) is 0 Å². The molecule has 0 saturated heterocycles. The molecule has 0 radical (unpaired) electrons. The maximum Gasteiger partial charge on any atom is 0.0576 e. The molecule has 0 aromatic carbocycles. The summed E-state index contributed by atoms with van der Waals surface area (Å²) in [5.74, 6) is 0. The molecule has 1 rings (SSSR count). The van der Waals surface area contributed by atoms with Gasteiger partial charge >= 0.3 is 0 Å². The number of rotatable bonds is 3. The van der Waals surface area contributed by atoms with Gasteiger partial charge in [-0.05, 0) is 24.1 Å². The van der Waals surface area contributed by atoms with Gasteiger partial charge < -0.3 is 5.73 Å². The molecule has 2 nitrogen and oxygen atoms in total. The second kappa shape index (κ2) is 4.02. The largest absolute Gasteiger partial charge is 0.323 e.